The fourth-order valence-electron chi connectivity index (χ4n) is 1.87. The van der Waals surface area contributed by atoms with Gasteiger partial charge in [0.25, 0.3) is 5.91 Å². The van der Waals surface area contributed by atoms with Crippen molar-refractivity contribution in [1.29, 1.82) is 0 Å². The number of nitrogens with zero attached hydrogens (tertiary/aromatic N) is 1. The normalized spacial score (nSPS) is 17.5. The van der Waals surface area contributed by atoms with Crippen molar-refractivity contribution in [3.63, 3.8) is 0 Å². The van der Waals surface area contributed by atoms with Gasteiger partial charge in [-0.05, 0) is 19.3 Å². The lowest BCUT2D eigenvalue weighted by Crippen LogP contribution is -2.54. The molecule has 1 amide bonds. The zero-order valence-electron chi connectivity index (χ0n) is 8.60. The van der Waals surface area contributed by atoms with Crippen molar-refractivity contribution in [2.24, 2.45) is 0 Å². The molecule has 0 saturated heterocycles. The van der Waals surface area contributed by atoms with Gasteiger partial charge in [-0.25, -0.2) is 0 Å². The highest BCUT2D eigenvalue weighted by molar-refractivity contribution is 5.93. The van der Waals surface area contributed by atoms with E-state index >= 15 is 0 Å². The summed E-state index contributed by atoms with van der Waals surface area (Å²) in [5.41, 5.74) is -0.418. The molecule has 0 aliphatic heterocycles. The Morgan fingerprint density at radius 2 is 2.31 bits per heavy atom. The molecule has 1 fully saturated rings. The molecule has 1 aliphatic rings. The van der Waals surface area contributed by atoms with Gasteiger partial charge in [0.1, 0.15) is 6.26 Å². The molecule has 0 unspecified atom stereocenters. The molecule has 0 spiro atoms. The van der Waals surface area contributed by atoms with Gasteiger partial charge in [-0.2, -0.15) is 0 Å². The number of rotatable bonds is 4. The van der Waals surface area contributed by atoms with Crippen LogP contribution in [0.25, 0.3) is 0 Å². The van der Waals surface area contributed by atoms with E-state index in [-0.39, 0.29) is 18.0 Å². The third kappa shape index (κ3) is 2.05. The van der Waals surface area contributed by atoms with Crippen LogP contribution in [0.1, 0.15) is 36.2 Å². The predicted molar refractivity (Wildman–Crippen MR) is 52.8 cm³/mol. The van der Waals surface area contributed by atoms with E-state index in [1.54, 1.807) is 0 Å². The topological polar surface area (TPSA) is 92.4 Å². The summed E-state index contributed by atoms with van der Waals surface area (Å²) in [5, 5.41) is 15.0. The second kappa shape index (κ2) is 3.96. The molecule has 1 aliphatic carbocycles. The van der Waals surface area contributed by atoms with Gasteiger partial charge in [-0.3, -0.25) is 9.59 Å². The van der Waals surface area contributed by atoms with Crippen LogP contribution < -0.4 is 5.32 Å². The van der Waals surface area contributed by atoms with Crippen LogP contribution in [-0.4, -0.2) is 27.7 Å². The summed E-state index contributed by atoms with van der Waals surface area (Å²) in [5.74, 6) is -1.28. The van der Waals surface area contributed by atoms with Crippen molar-refractivity contribution in [2.45, 2.75) is 31.2 Å². The molecule has 0 atom stereocenters. The van der Waals surface area contributed by atoms with E-state index in [0.29, 0.717) is 12.8 Å². The van der Waals surface area contributed by atoms with E-state index in [2.05, 4.69) is 15.0 Å². The monoisotopic (exact) mass is 224 g/mol. The van der Waals surface area contributed by atoms with Gasteiger partial charge in [0.15, 0.2) is 5.69 Å². The molecule has 0 bridgehead atoms. The van der Waals surface area contributed by atoms with Gasteiger partial charge < -0.3 is 14.9 Å². The van der Waals surface area contributed by atoms with Gasteiger partial charge in [0.2, 0.25) is 0 Å². The van der Waals surface area contributed by atoms with Crippen LogP contribution in [0.15, 0.2) is 16.9 Å². The molecular formula is C10H12N2O4. The lowest BCUT2D eigenvalue weighted by atomic mass is 9.74. The number of aliphatic carboxylic acids is 1. The Balaban J connectivity index is 2.02. The number of aromatic nitrogens is 1. The van der Waals surface area contributed by atoms with E-state index < -0.39 is 11.5 Å². The average molecular weight is 224 g/mol. The predicted octanol–water partition coefficient (Wildman–Crippen LogP) is 0.802. The highest BCUT2D eigenvalue weighted by Crippen LogP contribution is 2.35. The van der Waals surface area contributed by atoms with Crippen molar-refractivity contribution in [1.82, 2.24) is 10.5 Å². The maximum Gasteiger partial charge on any atom is 0.305 e. The van der Waals surface area contributed by atoms with E-state index in [1.165, 1.54) is 12.3 Å². The summed E-state index contributed by atoms with van der Waals surface area (Å²) in [6, 6.07) is 1.45. The summed E-state index contributed by atoms with van der Waals surface area (Å²) >= 11 is 0. The molecule has 1 heterocycles. The minimum atomic E-state index is -0.903. The van der Waals surface area contributed by atoms with E-state index in [9.17, 15) is 9.59 Å². The Hall–Kier alpha value is -1.85. The minimum Gasteiger partial charge on any atom is -0.481 e. The summed E-state index contributed by atoms with van der Waals surface area (Å²) < 4.78 is 4.56. The standard InChI is InChI=1S/C10H12N2O4/c13-8(14)6-10(3-1-4-10)11-9(15)7-2-5-16-12-7/h2,5H,1,3-4,6H2,(H,11,15)(H,13,14). The molecule has 0 aromatic carbocycles. The Morgan fingerprint density at radius 1 is 1.56 bits per heavy atom. The number of nitrogens with one attached hydrogen (secondary N) is 1. The molecule has 2 N–H and O–H groups in total. The van der Waals surface area contributed by atoms with Gasteiger partial charge in [0.05, 0.1) is 12.0 Å². The number of carboxylic acids is 1. The largest absolute Gasteiger partial charge is 0.481 e. The zero-order chi connectivity index (χ0) is 11.6. The van der Waals surface area contributed by atoms with Crippen LogP contribution in [0.3, 0.4) is 0 Å². The summed E-state index contributed by atoms with van der Waals surface area (Å²) in [6.45, 7) is 0. The first-order valence-electron chi connectivity index (χ1n) is 5.06. The molecule has 6 nitrogen and oxygen atoms in total. The van der Waals surface area contributed by atoms with Gasteiger partial charge in [0, 0.05) is 6.07 Å². The van der Waals surface area contributed by atoms with Crippen molar-refractivity contribution in [3.05, 3.63) is 18.0 Å². The van der Waals surface area contributed by atoms with Crippen LogP contribution in [0, 0.1) is 0 Å². The van der Waals surface area contributed by atoms with Crippen LogP contribution >= 0.6 is 0 Å². The maximum atomic E-state index is 11.7. The first kappa shape index (κ1) is 10.7. The van der Waals surface area contributed by atoms with Gasteiger partial charge in [-0.15, -0.1) is 0 Å². The highest BCUT2D eigenvalue weighted by atomic mass is 16.5. The number of carboxylic acid groups (broad SMARTS) is 1. The molecule has 0 radical (unpaired) electrons. The van der Waals surface area contributed by atoms with Crippen LogP contribution in [0.5, 0.6) is 0 Å². The van der Waals surface area contributed by atoms with Crippen LogP contribution in [-0.2, 0) is 4.79 Å². The minimum absolute atomic E-state index is 0.0450. The SMILES string of the molecule is O=C(O)CC1(NC(=O)c2ccon2)CCC1. The first-order chi connectivity index (χ1) is 7.61. The van der Waals surface area contributed by atoms with E-state index in [1.807, 2.05) is 0 Å². The van der Waals surface area contributed by atoms with E-state index in [4.69, 9.17) is 5.11 Å². The van der Waals surface area contributed by atoms with Crippen LogP contribution in [0.2, 0.25) is 0 Å². The molecule has 1 aromatic rings. The first-order valence-corrected chi connectivity index (χ1v) is 5.06. The highest BCUT2D eigenvalue weighted by Gasteiger charge is 2.40. The van der Waals surface area contributed by atoms with Crippen molar-refractivity contribution in [2.75, 3.05) is 0 Å². The van der Waals surface area contributed by atoms with Crippen molar-refractivity contribution >= 4 is 11.9 Å². The van der Waals surface area contributed by atoms with Crippen LogP contribution in [0.4, 0.5) is 0 Å². The fraction of sp³-hybridized carbons (Fsp3) is 0.500. The number of hydrogen-bond donors (Lipinski definition) is 2. The Bertz CT molecular complexity index is 395. The second-order valence-electron chi connectivity index (χ2n) is 4.04. The lowest BCUT2D eigenvalue weighted by Gasteiger charge is -2.41. The molecule has 6 heteroatoms. The third-order valence-corrected chi connectivity index (χ3v) is 2.85. The number of hydrogen-bond acceptors (Lipinski definition) is 4. The molecule has 1 aromatic heterocycles. The molecular weight excluding hydrogens is 212 g/mol. The van der Waals surface area contributed by atoms with E-state index in [0.717, 1.165) is 6.42 Å². The zero-order valence-corrected chi connectivity index (χ0v) is 8.60. The van der Waals surface area contributed by atoms with Crippen molar-refractivity contribution in [3.8, 4) is 0 Å². The maximum absolute atomic E-state index is 11.7. The van der Waals surface area contributed by atoms with Crippen molar-refractivity contribution < 1.29 is 19.2 Å². The summed E-state index contributed by atoms with van der Waals surface area (Å²) in [4.78, 5) is 22.4. The molecule has 2 rings (SSSR count). The summed E-state index contributed by atoms with van der Waals surface area (Å²) in [6.07, 6.45) is 3.59. The average Bonchev–Trinajstić information content (AvgIpc) is 2.66. The molecule has 86 valence electrons. The third-order valence-electron chi connectivity index (χ3n) is 2.85. The quantitative estimate of drug-likeness (QED) is 0.789. The van der Waals surface area contributed by atoms with Gasteiger partial charge in [-0.1, -0.05) is 5.16 Å². The Kier molecular flexibility index (Phi) is 2.64. The fourth-order valence-corrected chi connectivity index (χ4v) is 1.87. The second-order valence-corrected chi connectivity index (χ2v) is 4.04. The smallest absolute Gasteiger partial charge is 0.305 e. The molecule has 16 heavy (non-hydrogen) atoms. The van der Waals surface area contributed by atoms with Gasteiger partial charge >= 0.3 is 5.97 Å². The Labute approximate surface area is 91.6 Å². The number of amides is 1. The Morgan fingerprint density at radius 3 is 2.75 bits per heavy atom. The molecule has 1 saturated carbocycles. The number of carbonyl (C=O) groups excluding carboxylic acids is 1. The summed E-state index contributed by atoms with van der Waals surface area (Å²) in [7, 11) is 0. The number of carbonyl (C=O) groups is 2. The lowest BCUT2D eigenvalue weighted by molar-refractivity contribution is -0.139.